The first kappa shape index (κ1) is 18.1. The fourth-order valence-electron chi connectivity index (χ4n) is 3.16. The maximum Gasteiger partial charge on any atom is 0.302 e. The third-order valence-corrected chi connectivity index (χ3v) is 5.04. The third kappa shape index (κ3) is 3.47. The van der Waals surface area contributed by atoms with Crippen molar-refractivity contribution in [2.75, 3.05) is 11.9 Å². The molecule has 1 amide bonds. The molecule has 1 unspecified atom stereocenters. The lowest BCUT2D eigenvalue weighted by molar-refractivity contribution is -0.141. The van der Waals surface area contributed by atoms with Gasteiger partial charge in [-0.1, -0.05) is 12.1 Å². The Morgan fingerprint density at radius 1 is 1.08 bits per heavy atom. The van der Waals surface area contributed by atoms with Crippen molar-refractivity contribution in [2.24, 2.45) is 0 Å². The number of fused-ring (bicyclic) bond motifs is 3. The van der Waals surface area contributed by atoms with Crippen LogP contribution >= 0.6 is 0 Å². The minimum Gasteiger partial charge on any atom is -0.465 e. The summed E-state index contributed by atoms with van der Waals surface area (Å²) < 4.78 is 37.4. The smallest absolute Gasteiger partial charge is 0.302 e. The van der Waals surface area contributed by atoms with Gasteiger partial charge in [0, 0.05) is 25.5 Å². The molecule has 7 nitrogen and oxygen atoms in total. The number of ether oxygens (including phenoxy) is 1. The highest BCUT2D eigenvalue weighted by atomic mass is 32.2. The number of amides is 1. The zero-order chi connectivity index (χ0) is 19.1. The Kier molecular flexibility index (Phi) is 4.55. The molecule has 0 spiro atoms. The van der Waals surface area contributed by atoms with Crippen LogP contribution in [0, 0.1) is 0 Å². The van der Waals surface area contributed by atoms with E-state index in [0.717, 1.165) is 16.7 Å². The van der Waals surface area contributed by atoms with Gasteiger partial charge in [0.05, 0.1) is 4.90 Å². The zero-order valence-corrected chi connectivity index (χ0v) is 15.0. The maximum absolute atomic E-state index is 11.5. The number of hydrogen-bond donors (Lipinski definition) is 2. The molecule has 0 aliphatic heterocycles. The number of nitrogens with one attached hydrogen (secondary N) is 1. The Bertz CT molecular complexity index is 1010. The van der Waals surface area contributed by atoms with Crippen LogP contribution in [-0.2, 0) is 24.4 Å². The van der Waals surface area contributed by atoms with Crippen molar-refractivity contribution in [1.82, 2.24) is 0 Å². The number of carbonyl (C=O) groups excluding carboxylic acids is 2. The Hall–Kier alpha value is -2.71. The molecule has 1 aliphatic carbocycles. The van der Waals surface area contributed by atoms with Crippen LogP contribution in [0.3, 0.4) is 0 Å². The molecule has 3 rings (SSSR count). The van der Waals surface area contributed by atoms with E-state index in [1.165, 1.54) is 26.0 Å². The fraction of sp³-hybridized carbons (Fsp3) is 0.222. The van der Waals surface area contributed by atoms with Gasteiger partial charge in [-0.15, -0.1) is 0 Å². The molecule has 1 atom stereocenters. The SMILES string of the molecule is CC(=O)Nc1ccc2c(c1)C(COC(C)=O)c1cc(S(=O)(=O)O)ccc1-2. The first-order valence-corrected chi connectivity index (χ1v) is 9.27. The van der Waals surface area contributed by atoms with Gasteiger partial charge in [-0.2, -0.15) is 8.42 Å². The lowest BCUT2D eigenvalue weighted by Crippen LogP contribution is -2.11. The van der Waals surface area contributed by atoms with E-state index in [4.69, 9.17) is 4.74 Å². The summed E-state index contributed by atoms with van der Waals surface area (Å²) in [5, 5.41) is 2.70. The van der Waals surface area contributed by atoms with E-state index in [0.29, 0.717) is 11.3 Å². The monoisotopic (exact) mass is 375 g/mol. The normalized spacial score (nSPS) is 15.1. The summed E-state index contributed by atoms with van der Waals surface area (Å²) in [7, 11) is -4.36. The molecule has 0 bridgehead atoms. The van der Waals surface area contributed by atoms with Crippen molar-refractivity contribution in [3.8, 4) is 11.1 Å². The van der Waals surface area contributed by atoms with Crippen molar-refractivity contribution in [3.63, 3.8) is 0 Å². The maximum atomic E-state index is 11.5. The minimum atomic E-state index is -4.36. The van der Waals surface area contributed by atoms with Crippen LogP contribution in [-0.4, -0.2) is 31.5 Å². The molecule has 2 N–H and O–H groups in total. The summed E-state index contributed by atoms with van der Waals surface area (Å²) >= 11 is 0. The second kappa shape index (κ2) is 6.54. The predicted molar refractivity (Wildman–Crippen MR) is 94.5 cm³/mol. The van der Waals surface area contributed by atoms with Crippen molar-refractivity contribution in [1.29, 1.82) is 0 Å². The number of hydrogen-bond acceptors (Lipinski definition) is 5. The van der Waals surface area contributed by atoms with Crippen LogP contribution in [0.5, 0.6) is 0 Å². The second-order valence-electron chi connectivity index (χ2n) is 6.06. The van der Waals surface area contributed by atoms with Crippen LogP contribution in [0.15, 0.2) is 41.3 Å². The lowest BCUT2D eigenvalue weighted by Gasteiger charge is -2.14. The number of rotatable bonds is 4. The molecule has 136 valence electrons. The molecular weight excluding hydrogens is 358 g/mol. The summed E-state index contributed by atoms with van der Waals surface area (Å²) in [5.41, 5.74) is 3.68. The summed E-state index contributed by atoms with van der Waals surface area (Å²) in [6, 6.07) is 9.67. The Labute approximate surface area is 150 Å². The minimum absolute atomic E-state index is 0.0216. The molecule has 0 aromatic heterocycles. The van der Waals surface area contributed by atoms with E-state index < -0.39 is 22.0 Å². The van der Waals surface area contributed by atoms with Crippen molar-refractivity contribution in [2.45, 2.75) is 24.7 Å². The van der Waals surface area contributed by atoms with Gasteiger partial charge in [0.1, 0.15) is 6.61 Å². The predicted octanol–water partition coefficient (Wildman–Crippen LogP) is 2.57. The van der Waals surface area contributed by atoms with Gasteiger partial charge in [0.2, 0.25) is 5.91 Å². The average Bonchev–Trinajstić information content (AvgIpc) is 2.83. The topological polar surface area (TPSA) is 110 Å². The summed E-state index contributed by atoms with van der Waals surface area (Å²) in [6.07, 6.45) is 0. The van der Waals surface area contributed by atoms with E-state index in [2.05, 4.69) is 5.32 Å². The van der Waals surface area contributed by atoms with Crippen LogP contribution in [0.4, 0.5) is 5.69 Å². The van der Waals surface area contributed by atoms with Gasteiger partial charge < -0.3 is 10.1 Å². The zero-order valence-electron chi connectivity index (χ0n) is 14.1. The van der Waals surface area contributed by atoms with Crippen molar-refractivity contribution < 1.29 is 27.3 Å². The van der Waals surface area contributed by atoms with E-state index in [-0.39, 0.29) is 17.4 Å². The largest absolute Gasteiger partial charge is 0.465 e. The Balaban J connectivity index is 2.12. The van der Waals surface area contributed by atoms with E-state index in [1.54, 1.807) is 18.2 Å². The number of esters is 1. The van der Waals surface area contributed by atoms with Crippen LogP contribution < -0.4 is 5.32 Å². The average molecular weight is 375 g/mol. The number of carbonyl (C=O) groups is 2. The van der Waals surface area contributed by atoms with E-state index >= 15 is 0 Å². The van der Waals surface area contributed by atoms with Gasteiger partial charge in [-0.3, -0.25) is 14.1 Å². The quantitative estimate of drug-likeness (QED) is 0.628. The van der Waals surface area contributed by atoms with Gasteiger partial charge in [0.15, 0.2) is 0 Å². The first-order valence-electron chi connectivity index (χ1n) is 7.83. The Morgan fingerprint density at radius 3 is 2.27 bits per heavy atom. The van der Waals surface area contributed by atoms with Crippen LogP contribution in [0.2, 0.25) is 0 Å². The highest BCUT2D eigenvalue weighted by Crippen LogP contribution is 2.46. The van der Waals surface area contributed by atoms with Crippen LogP contribution in [0.1, 0.15) is 30.9 Å². The van der Waals surface area contributed by atoms with Gasteiger partial charge in [-0.25, -0.2) is 0 Å². The molecule has 0 fully saturated rings. The third-order valence-electron chi connectivity index (χ3n) is 4.19. The highest BCUT2D eigenvalue weighted by Gasteiger charge is 2.31. The summed E-state index contributed by atoms with van der Waals surface area (Å²) in [4.78, 5) is 22.3. The molecule has 0 heterocycles. The van der Waals surface area contributed by atoms with E-state index in [9.17, 15) is 22.6 Å². The molecule has 0 radical (unpaired) electrons. The molecule has 2 aromatic rings. The molecule has 1 aliphatic rings. The first-order chi connectivity index (χ1) is 12.2. The summed E-state index contributed by atoms with van der Waals surface area (Å²) in [5.74, 6) is -1.08. The standard InChI is InChI=1S/C18H17NO6S/c1-10(20)19-12-3-5-14-15-6-4-13(26(22,23)24)8-17(15)18(16(14)7-12)9-25-11(2)21/h3-8,18H,9H2,1-2H3,(H,19,20)(H,22,23,24). The number of benzene rings is 2. The van der Waals surface area contributed by atoms with Crippen LogP contribution in [0.25, 0.3) is 11.1 Å². The molecule has 0 saturated heterocycles. The van der Waals surface area contributed by atoms with Gasteiger partial charge >= 0.3 is 5.97 Å². The summed E-state index contributed by atoms with van der Waals surface area (Å²) in [6.45, 7) is 2.71. The molecule has 0 saturated carbocycles. The fourth-order valence-corrected chi connectivity index (χ4v) is 3.68. The van der Waals surface area contributed by atoms with Gasteiger partial charge in [-0.05, 0) is 46.5 Å². The molecule has 2 aromatic carbocycles. The van der Waals surface area contributed by atoms with Crippen molar-refractivity contribution in [3.05, 3.63) is 47.5 Å². The lowest BCUT2D eigenvalue weighted by atomic mass is 9.97. The second-order valence-corrected chi connectivity index (χ2v) is 7.48. The molecular formula is C18H17NO6S. The highest BCUT2D eigenvalue weighted by molar-refractivity contribution is 7.85. The molecule has 8 heteroatoms. The van der Waals surface area contributed by atoms with E-state index in [1.807, 2.05) is 6.07 Å². The van der Waals surface area contributed by atoms with Crippen molar-refractivity contribution >= 4 is 27.7 Å². The van der Waals surface area contributed by atoms with Gasteiger partial charge in [0.25, 0.3) is 10.1 Å². The number of anilines is 1. The molecule has 26 heavy (non-hydrogen) atoms. The Morgan fingerprint density at radius 2 is 1.69 bits per heavy atom.